The fourth-order valence-electron chi connectivity index (χ4n) is 5.72. The summed E-state index contributed by atoms with van der Waals surface area (Å²) in [6.07, 6.45) is 5.93. The Morgan fingerprint density at radius 1 is 0.842 bits per heavy atom. The molecule has 0 spiro atoms. The van der Waals surface area contributed by atoms with Gasteiger partial charge in [-0.2, -0.15) is 0 Å². The van der Waals surface area contributed by atoms with Crippen molar-refractivity contribution in [2.75, 3.05) is 47.3 Å². The maximum absolute atomic E-state index is 13.1. The summed E-state index contributed by atoms with van der Waals surface area (Å²) in [5, 5.41) is 1.67. The predicted molar refractivity (Wildman–Crippen MR) is 143 cm³/mol. The SMILES string of the molecule is COc1cc2c(OCCCCN3CCCCC3)c3c(c(-c4ccc5c(c4)OCO5)c2cc1OC)C(=O)OC3. The number of ether oxygens (including phenoxy) is 6. The molecule has 0 N–H and O–H groups in total. The molecule has 3 aliphatic rings. The number of unbranched alkanes of at least 4 members (excludes halogenated alkanes) is 1. The Morgan fingerprint density at radius 3 is 2.39 bits per heavy atom. The lowest BCUT2D eigenvalue weighted by atomic mass is 9.89. The van der Waals surface area contributed by atoms with Crippen LogP contribution in [0.1, 0.15) is 48.0 Å². The van der Waals surface area contributed by atoms with Crippen LogP contribution in [0.2, 0.25) is 0 Å². The van der Waals surface area contributed by atoms with Gasteiger partial charge in [0, 0.05) is 16.5 Å². The van der Waals surface area contributed by atoms with Crippen LogP contribution in [0.4, 0.5) is 0 Å². The van der Waals surface area contributed by atoms with Crippen LogP contribution in [0.3, 0.4) is 0 Å². The monoisotopic (exact) mass is 519 g/mol. The van der Waals surface area contributed by atoms with E-state index in [4.69, 9.17) is 28.4 Å². The molecule has 3 aliphatic heterocycles. The number of nitrogens with zero attached hydrogens (tertiary/aromatic N) is 1. The molecular formula is C30H33NO7. The van der Waals surface area contributed by atoms with Crippen molar-refractivity contribution in [2.45, 2.75) is 38.7 Å². The van der Waals surface area contributed by atoms with Crippen molar-refractivity contribution < 1.29 is 33.2 Å². The second-order valence-electron chi connectivity index (χ2n) is 9.91. The Balaban J connectivity index is 1.40. The Kier molecular flexibility index (Phi) is 6.89. The van der Waals surface area contributed by atoms with E-state index in [-0.39, 0.29) is 19.4 Å². The first kappa shape index (κ1) is 24.7. The lowest BCUT2D eigenvalue weighted by Gasteiger charge is -2.26. The Bertz CT molecular complexity index is 1360. The molecule has 3 aromatic carbocycles. The van der Waals surface area contributed by atoms with Gasteiger partial charge >= 0.3 is 5.97 Å². The topological polar surface area (TPSA) is 75.7 Å². The molecule has 0 aromatic heterocycles. The molecule has 0 atom stereocenters. The standard InChI is InChI=1S/C30H33NO7/c1-33-24-15-20-21(16-25(24)34-2)29(35-13-7-6-12-31-10-4-3-5-11-31)22-17-36-30(32)28(22)27(20)19-8-9-23-26(14-19)38-18-37-23/h8-9,14-16H,3-7,10-13,17-18H2,1-2H3. The van der Waals surface area contributed by atoms with E-state index in [1.165, 1.54) is 32.4 Å². The Morgan fingerprint density at radius 2 is 1.61 bits per heavy atom. The zero-order valence-electron chi connectivity index (χ0n) is 22.0. The lowest BCUT2D eigenvalue weighted by Crippen LogP contribution is -2.30. The second-order valence-corrected chi connectivity index (χ2v) is 9.91. The molecule has 0 bridgehead atoms. The molecule has 8 heteroatoms. The first-order valence-corrected chi connectivity index (χ1v) is 13.3. The van der Waals surface area contributed by atoms with Gasteiger partial charge in [-0.3, -0.25) is 0 Å². The molecule has 0 amide bonds. The average molecular weight is 520 g/mol. The van der Waals surface area contributed by atoms with E-state index in [2.05, 4.69) is 4.90 Å². The highest BCUT2D eigenvalue weighted by molar-refractivity contribution is 6.14. The van der Waals surface area contributed by atoms with Crippen LogP contribution in [-0.2, 0) is 11.3 Å². The van der Waals surface area contributed by atoms with Gasteiger partial charge in [-0.25, -0.2) is 4.79 Å². The first-order chi connectivity index (χ1) is 18.7. The summed E-state index contributed by atoms with van der Waals surface area (Å²) in [6, 6.07) is 9.54. The van der Waals surface area contributed by atoms with E-state index in [9.17, 15) is 4.79 Å². The van der Waals surface area contributed by atoms with Crippen LogP contribution in [0.25, 0.3) is 21.9 Å². The van der Waals surface area contributed by atoms with Crippen molar-refractivity contribution in [3.8, 4) is 39.9 Å². The molecule has 200 valence electrons. The van der Waals surface area contributed by atoms with Crippen LogP contribution in [0, 0.1) is 0 Å². The van der Waals surface area contributed by atoms with E-state index >= 15 is 0 Å². The fraction of sp³-hybridized carbons (Fsp3) is 0.433. The van der Waals surface area contributed by atoms with Crippen LogP contribution in [0.15, 0.2) is 30.3 Å². The summed E-state index contributed by atoms with van der Waals surface area (Å²) >= 11 is 0. The number of methoxy groups -OCH3 is 2. The summed E-state index contributed by atoms with van der Waals surface area (Å²) in [5.74, 6) is 2.80. The third-order valence-electron chi connectivity index (χ3n) is 7.64. The minimum atomic E-state index is -0.362. The molecule has 3 heterocycles. The lowest BCUT2D eigenvalue weighted by molar-refractivity contribution is 0.0534. The van der Waals surface area contributed by atoms with Gasteiger partial charge in [0.1, 0.15) is 12.4 Å². The Hall–Kier alpha value is -3.65. The van der Waals surface area contributed by atoms with Gasteiger partial charge in [0.25, 0.3) is 0 Å². The van der Waals surface area contributed by atoms with E-state index in [0.29, 0.717) is 40.9 Å². The average Bonchev–Trinajstić information content (AvgIpc) is 3.58. The second kappa shape index (κ2) is 10.6. The summed E-state index contributed by atoms with van der Waals surface area (Å²) in [6.45, 7) is 4.39. The van der Waals surface area contributed by atoms with Gasteiger partial charge in [0.05, 0.1) is 26.4 Å². The van der Waals surface area contributed by atoms with Crippen molar-refractivity contribution in [1.29, 1.82) is 0 Å². The molecule has 8 nitrogen and oxygen atoms in total. The summed E-state index contributed by atoms with van der Waals surface area (Å²) in [4.78, 5) is 15.7. The predicted octanol–water partition coefficient (Wildman–Crippen LogP) is 5.57. The van der Waals surface area contributed by atoms with Crippen molar-refractivity contribution in [1.82, 2.24) is 4.90 Å². The molecule has 38 heavy (non-hydrogen) atoms. The quantitative estimate of drug-likeness (QED) is 0.268. The summed E-state index contributed by atoms with van der Waals surface area (Å²) in [5.41, 5.74) is 2.87. The maximum Gasteiger partial charge on any atom is 0.339 e. The number of hydrogen-bond donors (Lipinski definition) is 0. The molecule has 0 saturated carbocycles. The number of piperidine rings is 1. The van der Waals surface area contributed by atoms with Gasteiger partial charge in [-0.1, -0.05) is 12.5 Å². The highest BCUT2D eigenvalue weighted by Crippen LogP contribution is 2.49. The summed E-state index contributed by atoms with van der Waals surface area (Å²) < 4.78 is 34.4. The van der Waals surface area contributed by atoms with E-state index < -0.39 is 0 Å². The van der Waals surface area contributed by atoms with Crippen LogP contribution >= 0.6 is 0 Å². The van der Waals surface area contributed by atoms with Crippen molar-refractivity contribution in [2.24, 2.45) is 0 Å². The van der Waals surface area contributed by atoms with Gasteiger partial charge < -0.3 is 33.3 Å². The molecular weight excluding hydrogens is 486 g/mol. The molecule has 0 aliphatic carbocycles. The number of rotatable bonds is 9. The fourth-order valence-corrected chi connectivity index (χ4v) is 5.72. The number of carbonyl (C=O) groups is 1. The largest absolute Gasteiger partial charge is 0.493 e. The smallest absolute Gasteiger partial charge is 0.339 e. The number of carbonyl (C=O) groups excluding carboxylic acids is 1. The van der Waals surface area contributed by atoms with E-state index in [1.807, 2.05) is 30.3 Å². The molecule has 0 unspecified atom stereocenters. The molecule has 1 fully saturated rings. The van der Waals surface area contributed by atoms with E-state index in [1.54, 1.807) is 14.2 Å². The highest BCUT2D eigenvalue weighted by atomic mass is 16.7. The Labute approximate surface area is 222 Å². The normalized spacial score (nSPS) is 16.4. The molecule has 6 rings (SSSR count). The third kappa shape index (κ3) is 4.47. The number of hydrogen-bond acceptors (Lipinski definition) is 8. The van der Waals surface area contributed by atoms with Crippen LogP contribution in [0.5, 0.6) is 28.7 Å². The third-order valence-corrected chi connectivity index (χ3v) is 7.64. The minimum absolute atomic E-state index is 0.166. The van der Waals surface area contributed by atoms with Gasteiger partial charge in [-0.15, -0.1) is 0 Å². The van der Waals surface area contributed by atoms with Crippen molar-refractivity contribution in [3.05, 3.63) is 41.5 Å². The molecule has 0 radical (unpaired) electrons. The van der Waals surface area contributed by atoms with Crippen LogP contribution < -0.4 is 23.7 Å². The summed E-state index contributed by atoms with van der Waals surface area (Å²) in [7, 11) is 3.22. The van der Waals surface area contributed by atoms with Crippen LogP contribution in [-0.4, -0.2) is 58.1 Å². The number of cyclic esters (lactones) is 1. The maximum atomic E-state index is 13.1. The number of likely N-dealkylation sites (tertiary alicyclic amines) is 1. The van der Waals surface area contributed by atoms with Crippen molar-refractivity contribution in [3.63, 3.8) is 0 Å². The van der Waals surface area contributed by atoms with Gasteiger partial charge in [0.2, 0.25) is 6.79 Å². The van der Waals surface area contributed by atoms with Gasteiger partial charge in [-0.05, 0) is 80.5 Å². The minimum Gasteiger partial charge on any atom is -0.493 e. The number of benzene rings is 3. The molecule has 3 aromatic rings. The number of fused-ring (bicyclic) bond motifs is 3. The van der Waals surface area contributed by atoms with Crippen molar-refractivity contribution >= 4 is 16.7 Å². The zero-order valence-corrected chi connectivity index (χ0v) is 22.0. The van der Waals surface area contributed by atoms with E-state index in [0.717, 1.165) is 46.8 Å². The van der Waals surface area contributed by atoms with Gasteiger partial charge in [0.15, 0.2) is 23.0 Å². The highest BCUT2D eigenvalue weighted by Gasteiger charge is 2.33. The zero-order chi connectivity index (χ0) is 26.1. The first-order valence-electron chi connectivity index (χ1n) is 13.3. The molecule has 1 saturated heterocycles. The number of esters is 1.